The number of ether oxygens (including phenoxy) is 1. The fourth-order valence-electron chi connectivity index (χ4n) is 3.68. The van der Waals surface area contributed by atoms with E-state index in [2.05, 4.69) is 18.3 Å². The summed E-state index contributed by atoms with van der Waals surface area (Å²) in [6.45, 7) is 4.62. The highest BCUT2D eigenvalue weighted by atomic mass is 32.2. The van der Waals surface area contributed by atoms with Crippen LogP contribution >= 0.6 is 11.8 Å². The molecule has 32 heavy (non-hydrogen) atoms. The number of carbonyl (C=O) groups excluding carboxylic acids is 1. The van der Waals surface area contributed by atoms with Gasteiger partial charge in [0.15, 0.2) is 5.65 Å². The van der Waals surface area contributed by atoms with Gasteiger partial charge in [0, 0.05) is 5.69 Å². The van der Waals surface area contributed by atoms with E-state index < -0.39 is 0 Å². The number of imidazole rings is 1. The first-order valence-corrected chi connectivity index (χ1v) is 11.6. The molecule has 0 radical (unpaired) electrons. The van der Waals surface area contributed by atoms with Gasteiger partial charge in [0.25, 0.3) is 0 Å². The lowest BCUT2D eigenvalue weighted by Crippen LogP contribution is -2.14. The van der Waals surface area contributed by atoms with Crippen molar-refractivity contribution in [3.05, 3.63) is 65.7 Å². The van der Waals surface area contributed by atoms with Gasteiger partial charge in [-0.3, -0.25) is 9.20 Å². The number of rotatable bonds is 8. The highest BCUT2D eigenvalue weighted by molar-refractivity contribution is 7.99. The van der Waals surface area contributed by atoms with Crippen molar-refractivity contribution in [2.75, 3.05) is 17.7 Å². The Morgan fingerprint density at radius 3 is 2.69 bits per heavy atom. The van der Waals surface area contributed by atoms with Crippen LogP contribution in [0.15, 0.2) is 59.6 Å². The maximum Gasteiger partial charge on any atom is 0.234 e. The summed E-state index contributed by atoms with van der Waals surface area (Å²) in [6, 6.07) is 19.5. The van der Waals surface area contributed by atoms with Crippen LogP contribution in [0.5, 0.6) is 5.75 Å². The lowest BCUT2D eigenvalue weighted by molar-refractivity contribution is -0.113. The standard InChI is InChI=1S/C25H24N4O2S/c1-3-7-17-14-24(29-22-9-6-5-8-21(22)28-25(29)20(17)15-26)32-16-23(30)27-18-10-12-19(13-11-18)31-4-2/h5-6,8-14H,3-4,7,16H2,1-2H3,(H,27,30). The van der Waals surface area contributed by atoms with Crippen LogP contribution in [0.25, 0.3) is 16.7 Å². The molecule has 0 aliphatic carbocycles. The quantitative estimate of drug-likeness (QED) is 0.366. The fourth-order valence-corrected chi connectivity index (χ4v) is 4.57. The van der Waals surface area contributed by atoms with Gasteiger partial charge in [-0.1, -0.05) is 37.2 Å². The predicted molar refractivity (Wildman–Crippen MR) is 128 cm³/mol. The van der Waals surface area contributed by atoms with Gasteiger partial charge in [-0.05, 0) is 61.4 Å². The molecule has 0 aliphatic rings. The average Bonchev–Trinajstić information content (AvgIpc) is 3.19. The molecule has 2 heterocycles. The van der Waals surface area contributed by atoms with Crippen molar-refractivity contribution in [2.45, 2.75) is 31.7 Å². The zero-order valence-electron chi connectivity index (χ0n) is 18.1. The van der Waals surface area contributed by atoms with Crippen LogP contribution in [-0.4, -0.2) is 27.7 Å². The lowest BCUT2D eigenvalue weighted by Gasteiger charge is -2.12. The molecule has 0 saturated heterocycles. The molecule has 4 rings (SSSR count). The van der Waals surface area contributed by atoms with Crippen molar-refractivity contribution in [2.24, 2.45) is 0 Å². The molecule has 2 aromatic carbocycles. The first-order valence-electron chi connectivity index (χ1n) is 10.6. The van der Waals surface area contributed by atoms with E-state index in [1.54, 1.807) is 0 Å². The first-order chi connectivity index (χ1) is 15.6. The van der Waals surface area contributed by atoms with E-state index in [0.717, 1.165) is 45.9 Å². The number of pyridine rings is 1. The molecule has 0 atom stereocenters. The highest BCUT2D eigenvalue weighted by Crippen LogP contribution is 2.30. The minimum Gasteiger partial charge on any atom is -0.494 e. The summed E-state index contributed by atoms with van der Waals surface area (Å²) < 4.78 is 7.43. The Morgan fingerprint density at radius 1 is 1.19 bits per heavy atom. The third-order valence-electron chi connectivity index (χ3n) is 5.05. The largest absolute Gasteiger partial charge is 0.494 e. The zero-order valence-corrected chi connectivity index (χ0v) is 18.9. The van der Waals surface area contributed by atoms with Gasteiger partial charge in [0.1, 0.15) is 11.8 Å². The monoisotopic (exact) mass is 444 g/mol. The summed E-state index contributed by atoms with van der Waals surface area (Å²) in [5.74, 6) is 0.917. The number of nitrogens with zero attached hydrogens (tertiary/aromatic N) is 3. The molecule has 1 amide bonds. The van der Waals surface area contributed by atoms with Gasteiger partial charge in [0.2, 0.25) is 5.91 Å². The van der Waals surface area contributed by atoms with E-state index in [1.807, 2.05) is 65.9 Å². The minimum absolute atomic E-state index is 0.0990. The van der Waals surface area contributed by atoms with E-state index in [-0.39, 0.29) is 11.7 Å². The number of fused-ring (bicyclic) bond motifs is 3. The molecule has 6 nitrogen and oxygen atoms in total. The van der Waals surface area contributed by atoms with Crippen LogP contribution in [0.4, 0.5) is 5.69 Å². The molecule has 0 aliphatic heterocycles. The molecule has 0 fully saturated rings. The van der Waals surface area contributed by atoms with Crippen molar-refractivity contribution >= 4 is 40.0 Å². The molecule has 4 aromatic rings. The van der Waals surface area contributed by atoms with Crippen LogP contribution in [0.1, 0.15) is 31.4 Å². The Morgan fingerprint density at radius 2 is 1.97 bits per heavy atom. The molecule has 7 heteroatoms. The second-order valence-corrected chi connectivity index (χ2v) is 8.29. The van der Waals surface area contributed by atoms with Gasteiger partial charge in [-0.2, -0.15) is 5.26 Å². The number of amides is 1. The van der Waals surface area contributed by atoms with Gasteiger partial charge < -0.3 is 10.1 Å². The van der Waals surface area contributed by atoms with E-state index in [0.29, 0.717) is 17.8 Å². The third kappa shape index (κ3) is 4.41. The Balaban J connectivity index is 1.62. The SMILES string of the molecule is CCCc1cc(SCC(=O)Nc2ccc(OCC)cc2)n2c(nc3ccccc32)c1C#N. The van der Waals surface area contributed by atoms with Gasteiger partial charge in [0.05, 0.1) is 34.0 Å². The number of hydrogen-bond acceptors (Lipinski definition) is 5. The van der Waals surface area contributed by atoms with Gasteiger partial charge in [-0.15, -0.1) is 0 Å². The molecule has 0 unspecified atom stereocenters. The summed E-state index contributed by atoms with van der Waals surface area (Å²) in [5.41, 5.74) is 4.70. The van der Waals surface area contributed by atoms with E-state index >= 15 is 0 Å². The molecule has 0 spiro atoms. The first kappa shape index (κ1) is 21.7. The van der Waals surface area contributed by atoms with Crippen LogP contribution in [0.3, 0.4) is 0 Å². The third-order valence-corrected chi connectivity index (χ3v) is 6.06. The van der Waals surface area contributed by atoms with Crippen molar-refractivity contribution < 1.29 is 9.53 Å². The number of aryl methyl sites for hydroxylation is 1. The average molecular weight is 445 g/mol. The summed E-state index contributed by atoms with van der Waals surface area (Å²) >= 11 is 1.44. The van der Waals surface area contributed by atoms with Crippen LogP contribution in [-0.2, 0) is 11.2 Å². The molecule has 2 aromatic heterocycles. The number of hydrogen-bond donors (Lipinski definition) is 1. The molecular formula is C25H24N4O2S. The minimum atomic E-state index is -0.0990. The van der Waals surface area contributed by atoms with E-state index in [1.165, 1.54) is 11.8 Å². The predicted octanol–water partition coefficient (Wildman–Crippen LogP) is 5.44. The van der Waals surface area contributed by atoms with Gasteiger partial charge >= 0.3 is 0 Å². The Labute approximate surface area is 191 Å². The maximum atomic E-state index is 12.6. The second kappa shape index (κ2) is 9.75. The number of para-hydroxylation sites is 2. The van der Waals surface area contributed by atoms with Crippen LogP contribution in [0, 0.1) is 11.3 Å². The summed E-state index contributed by atoms with van der Waals surface area (Å²) in [7, 11) is 0. The van der Waals surface area contributed by atoms with Crippen LogP contribution in [0.2, 0.25) is 0 Å². The molecule has 0 bridgehead atoms. The summed E-state index contributed by atoms with van der Waals surface area (Å²) in [5, 5.41) is 13.6. The van der Waals surface area contributed by atoms with Crippen molar-refractivity contribution in [3.8, 4) is 11.8 Å². The number of carbonyl (C=O) groups is 1. The van der Waals surface area contributed by atoms with Gasteiger partial charge in [-0.25, -0.2) is 4.98 Å². The fraction of sp³-hybridized carbons (Fsp3) is 0.240. The van der Waals surface area contributed by atoms with Crippen molar-refractivity contribution in [1.29, 1.82) is 5.26 Å². The number of aromatic nitrogens is 2. The van der Waals surface area contributed by atoms with E-state index in [9.17, 15) is 10.1 Å². The van der Waals surface area contributed by atoms with Crippen LogP contribution < -0.4 is 10.1 Å². The zero-order chi connectivity index (χ0) is 22.5. The lowest BCUT2D eigenvalue weighted by atomic mass is 10.1. The van der Waals surface area contributed by atoms with Crippen molar-refractivity contribution in [3.63, 3.8) is 0 Å². The molecule has 1 N–H and O–H groups in total. The maximum absolute atomic E-state index is 12.6. The van der Waals surface area contributed by atoms with E-state index in [4.69, 9.17) is 9.72 Å². The summed E-state index contributed by atoms with van der Waals surface area (Å²) in [4.78, 5) is 17.4. The number of nitriles is 1. The van der Waals surface area contributed by atoms with Crippen molar-refractivity contribution in [1.82, 2.24) is 9.38 Å². The normalized spacial score (nSPS) is 10.9. The molecule has 162 valence electrons. The second-order valence-electron chi connectivity index (χ2n) is 7.30. The molecular weight excluding hydrogens is 420 g/mol. The number of thioether (sulfide) groups is 1. The Hall–Kier alpha value is -3.50. The number of anilines is 1. The number of nitrogens with one attached hydrogen (secondary N) is 1. The Kier molecular flexibility index (Phi) is 6.62. The number of benzene rings is 2. The highest BCUT2D eigenvalue weighted by Gasteiger charge is 2.17. The summed E-state index contributed by atoms with van der Waals surface area (Å²) in [6.07, 6.45) is 1.71. The topological polar surface area (TPSA) is 79.4 Å². The smallest absolute Gasteiger partial charge is 0.234 e. The molecule has 0 saturated carbocycles. The Bertz CT molecular complexity index is 1310.